The van der Waals surface area contributed by atoms with Crippen molar-refractivity contribution in [2.24, 2.45) is 0 Å². The number of benzene rings is 2. The molecule has 0 aliphatic heterocycles. The smallest absolute Gasteiger partial charge is 0.185 e. The van der Waals surface area contributed by atoms with Gasteiger partial charge in [-0.3, -0.25) is 4.79 Å². The van der Waals surface area contributed by atoms with Crippen LogP contribution in [0.5, 0.6) is 11.5 Å². The molecule has 0 saturated carbocycles. The van der Waals surface area contributed by atoms with E-state index in [1.165, 1.54) is 18.2 Å². The zero-order valence-corrected chi connectivity index (χ0v) is 12.0. The van der Waals surface area contributed by atoms with Gasteiger partial charge in [-0.2, -0.15) is 0 Å². The molecule has 0 fully saturated rings. The number of hydrogen-bond acceptors (Lipinski definition) is 3. The summed E-state index contributed by atoms with van der Waals surface area (Å²) < 4.78 is 5.50. The van der Waals surface area contributed by atoms with Gasteiger partial charge in [0.25, 0.3) is 0 Å². The predicted molar refractivity (Wildman–Crippen MR) is 83.7 cm³/mol. The number of rotatable bonds is 6. The topological polar surface area (TPSA) is 46.5 Å². The van der Waals surface area contributed by atoms with Gasteiger partial charge in [-0.25, -0.2) is 0 Å². The van der Waals surface area contributed by atoms with E-state index in [2.05, 4.69) is 6.92 Å². The van der Waals surface area contributed by atoms with Crippen molar-refractivity contribution in [3.8, 4) is 11.5 Å². The zero-order chi connectivity index (χ0) is 15.1. The molecule has 2 aromatic carbocycles. The van der Waals surface area contributed by atoms with Crippen LogP contribution >= 0.6 is 0 Å². The van der Waals surface area contributed by atoms with Crippen LogP contribution in [-0.2, 0) is 0 Å². The summed E-state index contributed by atoms with van der Waals surface area (Å²) in [5.41, 5.74) is 1.48. The standard InChI is InChI=1S/C18H18O3/c1-2-13-21-17-10-3-14(4-11-17)5-12-18(20)15-6-8-16(19)9-7-15/h3-12,19H,2,13H2,1H3/b12-5+. The number of phenolic OH excluding ortho intramolecular Hbond substituents is 1. The highest BCUT2D eigenvalue weighted by Gasteiger charge is 2.01. The highest BCUT2D eigenvalue weighted by molar-refractivity contribution is 6.06. The van der Waals surface area contributed by atoms with Gasteiger partial charge in [-0.15, -0.1) is 0 Å². The first-order chi connectivity index (χ1) is 10.2. The highest BCUT2D eigenvalue weighted by atomic mass is 16.5. The van der Waals surface area contributed by atoms with Crippen molar-refractivity contribution < 1.29 is 14.6 Å². The summed E-state index contributed by atoms with van der Waals surface area (Å²) in [6.07, 6.45) is 4.26. The van der Waals surface area contributed by atoms with E-state index in [-0.39, 0.29) is 11.5 Å². The highest BCUT2D eigenvalue weighted by Crippen LogP contribution is 2.15. The molecule has 1 N–H and O–H groups in total. The van der Waals surface area contributed by atoms with Gasteiger partial charge in [0.05, 0.1) is 6.61 Å². The van der Waals surface area contributed by atoms with Crippen LogP contribution in [0.1, 0.15) is 29.3 Å². The molecule has 108 valence electrons. The van der Waals surface area contributed by atoms with Crippen LogP contribution in [0.3, 0.4) is 0 Å². The summed E-state index contributed by atoms with van der Waals surface area (Å²) in [7, 11) is 0. The second kappa shape index (κ2) is 7.29. The Kier molecular flexibility index (Phi) is 5.16. The maximum Gasteiger partial charge on any atom is 0.185 e. The number of ketones is 1. The van der Waals surface area contributed by atoms with Crippen LogP contribution in [0.2, 0.25) is 0 Å². The minimum Gasteiger partial charge on any atom is -0.508 e. The quantitative estimate of drug-likeness (QED) is 0.641. The van der Waals surface area contributed by atoms with Gasteiger partial charge < -0.3 is 9.84 Å². The molecule has 0 atom stereocenters. The molecule has 0 unspecified atom stereocenters. The first-order valence-electron chi connectivity index (χ1n) is 6.93. The van der Waals surface area contributed by atoms with E-state index in [0.29, 0.717) is 12.2 Å². The Morgan fingerprint density at radius 1 is 1.10 bits per heavy atom. The molecule has 0 radical (unpaired) electrons. The van der Waals surface area contributed by atoms with Crippen molar-refractivity contribution >= 4 is 11.9 Å². The first kappa shape index (κ1) is 14.9. The molecule has 0 saturated heterocycles. The Hall–Kier alpha value is -2.55. The number of carbonyl (C=O) groups excluding carboxylic acids is 1. The Morgan fingerprint density at radius 3 is 2.38 bits per heavy atom. The van der Waals surface area contributed by atoms with Gasteiger partial charge in [-0.05, 0) is 54.5 Å². The lowest BCUT2D eigenvalue weighted by Crippen LogP contribution is -1.94. The average Bonchev–Trinajstić information content (AvgIpc) is 2.52. The van der Waals surface area contributed by atoms with E-state index in [1.54, 1.807) is 18.2 Å². The van der Waals surface area contributed by atoms with Gasteiger partial charge in [0.2, 0.25) is 0 Å². The first-order valence-corrected chi connectivity index (χ1v) is 6.93. The molecular weight excluding hydrogens is 264 g/mol. The fourth-order valence-electron chi connectivity index (χ4n) is 1.79. The van der Waals surface area contributed by atoms with Crippen molar-refractivity contribution in [1.82, 2.24) is 0 Å². The third-order valence-corrected chi connectivity index (χ3v) is 2.93. The molecule has 0 bridgehead atoms. The van der Waals surface area contributed by atoms with Crippen LogP contribution in [-0.4, -0.2) is 17.5 Å². The van der Waals surface area contributed by atoms with Gasteiger partial charge >= 0.3 is 0 Å². The second-order valence-corrected chi connectivity index (χ2v) is 4.66. The molecule has 3 heteroatoms. The van der Waals surface area contributed by atoms with Gasteiger partial charge in [0.1, 0.15) is 11.5 Å². The third kappa shape index (κ3) is 4.49. The van der Waals surface area contributed by atoms with Gasteiger partial charge in [0, 0.05) is 5.56 Å². The molecule has 3 nitrogen and oxygen atoms in total. The summed E-state index contributed by atoms with van der Waals surface area (Å²) in [4.78, 5) is 11.9. The third-order valence-electron chi connectivity index (χ3n) is 2.93. The Morgan fingerprint density at radius 2 is 1.76 bits per heavy atom. The van der Waals surface area contributed by atoms with Crippen LogP contribution < -0.4 is 4.74 Å². The molecule has 0 aromatic heterocycles. The molecule has 2 rings (SSSR count). The maximum absolute atomic E-state index is 11.9. The van der Waals surface area contributed by atoms with E-state index < -0.39 is 0 Å². The molecule has 0 heterocycles. The summed E-state index contributed by atoms with van der Waals surface area (Å²) in [5, 5.41) is 9.19. The van der Waals surface area contributed by atoms with Crippen molar-refractivity contribution in [2.75, 3.05) is 6.61 Å². The number of phenols is 1. The second-order valence-electron chi connectivity index (χ2n) is 4.66. The SMILES string of the molecule is CCCOc1ccc(/C=C/C(=O)c2ccc(O)cc2)cc1. The number of allylic oxidation sites excluding steroid dienone is 1. The van der Waals surface area contributed by atoms with Gasteiger partial charge in [-0.1, -0.05) is 25.1 Å². The Labute approximate surface area is 124 Å². The van der Waals surface area contributed by atoms with Crippen LogP contribution in [0, 0.1) is 0 Å². The molecule has 0 amide bonds. The lowest BCUT2D eigenvalue weighted by atomic mass is 10.1. The molecule has 2 aromatic rings. The van der Waals surface area contributed by atoms with Gasteiger partial charge in [0.15, 0.2) is 5.78 Å². The van der Waals surface area contributed by atoms with Crippen LogP contribution in [0.4, 0.5) is 0 Å². The number of ether oxygens (including phenoxy) is 1. The summed E-state index contributed by atoms with van der Waals surface area (Å²) in [6.45, 7) is 2.76. The number of carbonyl (C=O) groups is 1. The van der Waals surface area contributed by atoms with Crippen LogP contribution in [0.25, 0.3) is 6.08 Å². The predicted octanol–water partition coefficient (Wildman–Crippen LogP) is 4.08. The van der Waals surface area contributed by atoms with Crippen molar-refractivity contribution in [2.45, 2.75) is 13.3 Å². The zero-order valence-electron chi connectivity index (χ0n) is 12.0. The lowest BCUT2D eigenvalue weighted by molar-refractivity contribution is 0.104. The fourth-order valence-corrected chi connectivity index (χ4v) is 1.79. The maximum atomic E-state index is 11.9. The Balaban J connectivity index is 2.00. The minimum absolute atomic E-state index is 0.0960. The largest absolute Gasteiger partial charge is 0.508 e. The summed E-state index contributed by atoms with van der Waals surface area (Å²) in [6, 6.07) is 13.8. The summed E-state index contributed by atoms with van der Waals surface area (Å²) in [5.74, 6) is 0.887. The normalized spacial score (nSPS) is 10.7. The van der Waals surface area contributed by atoms with Crippen LogP contribution in [0.15, 0.2) is 54.6 Å². The molecule has 0 spiro atoms. The number of hydrogen-bond donors (Lipinski definition) is 1. The average molecular weight is 282 g/mol. The van der Waals surface area contributed by atoms with E-state index >= 15 is 0 Å². The van der Waals surface area contributed by atoms with E-state index in [4.69, 9.17) is 4.74 Å². The molecular formula is C18H18O3. The van der Waals surface area contributed by atoms with E-state index in [1.807, 2.05) is 24.3 Å². The lowest BCUT2D eigenvalue weighted by Gasteiger charge is -2.04. The minimum atomic E-state index is -0.0960. The van der Waals surface area contributed by atoms with E-state index in [0.717, 1.165) is 17.7 Å². The Bertz CT molecular complexity index is 610. The van der Waals surface area contributed by atoms with Crippen molar-refractivity contribution in [3.05, 3.63) is 65.7 Å². The van der Waals surface area contributed by atoms with Crippen molar-refractivity contribution in [1.29, 1.82) is 0 Å². The van der Waals surface area contributed by atoms with E-state index in [9.17, 15) is 9.90 Å². The molecule has 0 aliphatic carbocycles. The monoisotopic (exact) mass is 282 g/mol. The molecule has 21 heavy (non-hydrogen) atoms. The number of aromatic hydroxyl groups is 1. The fraction of sp³-hybridized carbons (Fsp3) is 0.167. The summed E-state index contributed by atoms with van der Waals surface area (Å²) >= 11 is 0. The van der Waals surface area contributed by atoms with Crippen molar-refractivity contribution in [3.63, 3.8) is 0 Å². The molecule has 0 aliphatic rings.